The van der Waals surface area contributed by atoms with Crippen LogP contribution in [0.2, 0.25) is 0 Å². The van der Waals surface area contributed by atoms with E-state index in [4.69, 9.17) is 13.9 Å². The van der Waals surface area contributed by atoms with Crippen LogP contribution in [0, 0.1) is 0 Å². The van der Waals surface area contributed by atoms with Gasteiger partial charge in [0.2, 0.25) is 0 Å². The summed E-state index contributed by atoms with van der Waals surface area (Å²) in [5.74, 6) is 3.59. The molecule has 2 heterocycles. The van der Waals surface area contributed by atoms with Gasteiger partial charge in [0, 0.05) is 23.1 Å². The SMILES string of the molecule is c1ccc(OCCCCCOc2cccc(-c3cc4cc(C5=NCCN5)ccc4o3)c2)cc1. The lowest BCUT2D eigenvalue weighted by Gasteiger charge is -2.08. The van der Waals surface area contributed by atoms with Gasteiger partial charge in [-0.05, 0) is 67.8 Å². The summed E-state index contributed by atoms with van der Waals surface area (Å²) in [6.45, 7) is 3.15. The van der Waals surface area contributed by atoms with Gasteiger partial charge in [-0.3, -0.25) is 4.99 Å². The van der Waals surface area contributed by atoms with Gasteiger partial charge in [0.25, 0.3) is 0 Å². The van der Waals surface area contributed by atoms with Crippen molar-refractivity contribution in [1.29, 1.82) is 0 Å². The fraction of sp³-hybridized carbons (Fsp3) is 0.250. The maximum atomic E-state index is 6.10. The van der Waals surface area contributed by atoms with Crippen molar-refractivity contribution in [1.82, 2.24) is 5.32 Å². The molecule has 0 unspecified atom stereocenters. The van der Waals surface area contributed by atoms with Gasteiger partial charge >= 0.3 is 0 Å². The minimum atomic E-state index is 0.688. The molecule has 1 aliphatic heterocycles. The van der Waals surface area contributed by atoms with Crippen molar-refractivity contribution < 1.29 is 13.9 Å². The number of nitrogens with one attached hydrogen (secondary N) is 1. The van der Waals surface area contributed by atoms with Crippen LogP contribution < -0.4 is 14.8 Å². The number of rotatable bonds is 10. The van der Waals surface area contributed by atoms with Crippen LogP contribution in [0.4, 0.5) is 0 Å². The third-order valence-corrected chi connectivity index (χ3v) is 5.65. The molecule has 0 saturated heterocycles. The molecule has 0 spiro atoms. The van der Waals surface area contributed by atoms with Gasteiger partial charge < -0.3 is 19.2 Å². The van der Waals surface area contributed by atoms with Crippen molar-refractivity contribution in [3.63, 3.8) is 0 Å². The second kappa shape index (κ2) is 10.3. The Morgan fingerprint density at radius 1 is 0.758 bits per heavy atom. The first kappa shape index (κ1) is 21.1. The van der Waals surface area contributed by atoms with E-state index in [1.54, 1.807) is 0 Å². The highest BCUT2D eigenvalue weighted by Crippen LogP contribution is 2.30. The van der Waals surface area contributed by atoms with Crippen LogP contribution in [0.25, 0.3) is 22.3 Å². The first-order valence-corrected chi connectivity index (χ1v) is 11.6. The Morgan fingerprint density at radius 3 is 2.39 bits per heavy atom. The van der Waals surface area contributed by atoms with E-state index < -0.39 is 0 Å². The van der Waals surface area contributed by atoms with E-state index in [9.17, 15) is 0 Å². The molecule has 0 aliphatic carbocycles. The average Bonchev–Trinajstić information content (AvgIpc) is 3.54. The monoisotopic (exact) mass is 440 g/mol. The number of aliphatic imine (C=N–C) groups is 1. The molecular weight excluding hydrogens is 412 g/mol. The van der Waals surface area contributed by atoms with E-state index in [0.717, 1.165) is 84.1 Å². The van der Waals surface area contributed by atoms with Crippen molar-refractivity contribution in [2.24, 2.45) is 4.99 Å². The van der Waals surface area contributed by atoms with Gasteiger partial charge in [0.1, 0.15) is 28.7 Å². The molecule has 1 N–H and O–H groups in total. The fourth-order valence-electron chi connectivity index (χ4n) is 3.94. The van der Waals surface area contributed by atoms with E-state index in [1.165, 1.54) is 0 Å². The van der Waals surface area contributed by atoms with Crippen molar-refractivity contribution >= 4 is 16.8 Å². The zero-order valence-corrected chi connectivity index (χ0v) is 18.6. The number of nitrogens with zero attached hydrogens (tertiary/aromatic N) is 1. The number of hydrogen-bond acceptors (Lipinski definition) is 5. The second-order valence-electron chi connectivity index (χ2n) is 8.12. The third-order valence-electron chi connectivity index (χ3n) is 5.65. The predicted molar refractivity (Wildman–Crippen MR) is 132 cm³/mol. The van der Waals surface area contributed by atoms with E-state index in [1.807, 2.05) is 54.6 Å². The van der Waals surface area contributed by atoms with E-state index in [2.05, 4.69) is 34.6 Å². The van der Waals surface area contributed by atoms with Gasteiger partial charge in [0.05, 0.1) is 19.8 Å². The molecule has 0 amide bonds. The van der Waals surface area contributed by atoms with Gasteiger partial charge in [-0.1, -0.05) is 30.3 Å². The predicted octanol–water partition coefficient (Wildman–Crippen LogP) is 6.08. The van der Waals surface area contributed by atoms with Gasteiger partial charge in [-0.15, -0.1) is 0 Å². The number of fused-ring (bicyclic) bond motifs is 1. The molecule has 33 heavy (non-hydrogen) atoms. The molecule has 0 radical (unpaired) electrons. The van der Waals surface area contributed by atoms with Crippen LogP contribution >= 0.6 is 0 Å². The summed E-state index contributed by atoms with van der Waals surface area (Å²) in [6, 6.07) is 26.3. The zero-order chi connectivity index (χ0) is 22.3. The molecule has 5 nitrogen and oxygen atoms in total. The molecule has 0 bridgehead atoms. The van der Waals surface area contributed by atoms with Crippen molar-refractivity contribution in [2.45, 2.75) is 19.3 Å². The average molecular weight is 441 g/mol. The number of hydrogen-bond donors (Lipinski definition) is 1. The molecule has 1 aliphatic rings. The smallest absolute Gasteiger partial charge is 0.135 e. The van der Waals surface area contributed by atoms with Crippen LogP contribution in [0.5, 0.6) is 11.5 Å². The fourth-order valence-corrected chi connectivity index (χ4v) is 3.94. The Balaban J connectivity index is 1.13. The first-order chi connectivity index (χ1) is 16.3. The normalized spacial score (nSPS) is 13.0. The topological polar surface area (TPSA) is 56.0 Å². The molecule has 5 rings (SSSR count). The number of furan rings is 1. The minimum absolute atomic E-state index is 0.688. The van der Waals surface area contributed by atoms with E-state index >= 15 is 0 Å². The lowest BCUT2D eigenvalue weighted by Crippen LogP contribution is -2.19. The third kappa shape index (κ3) is 5.37. The van der Waals surface area contributed by atoms with Gasteiger partial charge in [0.15, 0.2) is 0 Å². The molecule has 0 fully saturated rings. The lowest BCUT2D eigenvalue weighted by atomic mass is 10.1. The molecule has 5 heteroatoms. The highest BCUT2D eigenvalue weighted by Gasteiger charge is 2.12. The van der Waals surface area contributed by atoms with Crippen LogP contribution in [0.15, 0.2) is 88.3 Å². The maximum absolute atomic E-state index is 6.10. The summed E-state index contributed by atoms with van der Waals surface area (Å²) >= 11 is 0. The number of amidine groups is 1. The summed E-state index contributed by atoms with van der Waals surface area (Å²) in [6.07, 6.45) is 3.08. The van der Waals surface area contributed by atoms with Crippen LogP contribution in [-0.4, -0.2) is 32.1 Å². The van der Waals surface area contributed by atoms with E-state index in [-0.39, 0.29) is 0 Å². The molecule has 3 aromatic carbocycles. The summed E-state index contributed by atoms with van der Waals surface area (Å²) < 4.78 is 17.8. The first-order valence-electron chi connectivity index (χ1n) is 11.6. The largest absolute Gasteiger partial charge is 0.494 e. The number of unbranched alkanes of at least 4 members (excludes halogenated alkanes) is 2. The number of benzene rings is 3. The molecule has 168 valence electrons. The van der Waals surface area contributed by atoms with E-state index in [0.29, 0.717) is 6.61 Å². The summed E-state index contributed by atoms with van der Waals surface area (Å²) in [4.78, 5) is 4.51. The van der Waals surface area contributed by atoms with Crippen molar-refractivity contribution in [2.75, 3.05) is 26.3 Å². The summed E-state index contributed by atoms with van der Waals surface area (Å²) in [5.41, 5.74) is 2.98. The highest BCUT2D eigenvalue weighted by molar-refractivity contribution is 6.02. The molecular formula is C28H28N2O3. The number of ether oxygens (including phenoxy) is 2. The maximum Gasteiger partial charge on any atom is 0.135 e. The Morgan fingerprint density at radius 2 is 1.58 bits per heavy atom. The molecule has 0 saturated carbocycles. The molecule has 1 aromatic heterocycles. The standard InChI is InChI=1S/C28H28N2O3/c1-3-9-24(10-4-1)31-16-5-2-6-17-32-25-11-7-8-21(19-25)27-20-23-18-22(12-13-26(23)33-27)28-29-14-15-30-28/h1,3-4,7-13,18-20H,2,5-6,14-17H2,(H,29,30). The number of para-hydroxylation sites is 1. The van der Waals surface area contributed by atoms with Crippen LogP contribution in [-0.2, 0) is 0 Å². The summed E-state index contributed by atoms with van der Waals surface area (Å²) in [5, 5.41) is 4.39. The summed E-state index contributed by atoms with van der Waals surface area (Å²) in [7, 11) is 0. The molecule has 0 atom stereocenters. The van der Waals surface area contributed by atoms with Crippen molar-refractivity contribution in [3.8, 4) is 22.8 Å². The quantitative estimate of drug-likeness (QED) is 0.304. The Kier molecular flexibility index (Phi) is 6.57. The highest BCUT2D eigenvalue weighted by atomic mass is 16.5. The lowest BCUT2D eigenvalue weighted by molar-refractivity contribution is 0.279. The zero-order valence-electron chi connectivity index (χ0n) is 18.6. The van der Waals surface area contributed by atoms with Gasteiger partial charge in [-0.2, -0.15) is 0 Å². The minimum Gasteiger partial charge on any atom is -0.494 e. The molecule has 4 aromatic rings. The van der Waals surface area contributed by atoms with Crippen molar-refractivity contribution in [3.05, 3.63) is 84.4 Å². The van der Waals surface area contributed by atoms with Crippen LogP contribution in [0.3, 0.4) is 0 Å². The van der Waals surface area contributed by atoms with Gasteiger partial charge in [-0.25, -0.2) is 0 Å². The Labute approximate surface area is 194 Å². The Hall–Kier alpha value is -3.73. The second-order valence-corrected chi connectivity index (χ2v) is 8.12. The Bertz CT molecular complexity index is 1230. The van der Waals surface area contributed by atoms with Crippen LogP contribution in [0.1, 0.15) is 24.8 Å².